The van der Waals surface area contributed by atoms with Crippen LogP contribution in [0.15, 0.2) is 0 Å². The second-order valence-corrected chi connectivity index (χ2v) is 4.23. The number of carbonyl (C=O) groups is 3. The first kappa shape index (κ1) is 14.4. The van der Waals surface area contributed by atoms with E-state index in [2.05, 4.69) is 9.47 Å². The van der Waals surface area contributed by atoms with Crippen molar-refractivity contribution in [2.24, 2.45) is 0 Å². The Bertz CT molecular complexity index is 342. The van der Waals surface area contributed by atoms with Gasteiger partial charge in [0.05, 0.1) is 26.7 Å². The predicted octanol–water partition coefficient (Wildman–Crippen LogP) is -0.151. The minimum absolute atomic E-state index is 0.00771. The molecule has 0 bridgehead atoms. The van der Waals surface area contributed by atoms with Crippen LogP contribution in [0.3, 0.4) is 0 Å². The second-order valence-electron chi connectivity index (χ2n) is 4.23. The third kappa shape index (κ3) is 3.69. The van der Waals surface area contributed by atoms with Crippen LogP contribution in [0, 0.1) is 0 Å². The van der Waals surface area contributed by atoms with E-state index in [4.69, 9.17) is 0 Å². The molecule has 1 aliphatic rings. The predicted molar refractivity (Wildman–Crippen MR) is 61.8 cm³/mol. The van der Waals surface area contributed by atoms with Crippen LogP contribution in [-0.2, 0) is 19.1 Å². The minimum Gasteiger partial charge on any atom is -0.468 e. The van der Waals surface area contributed by atoms with Crippen molar-refractivity contribution in [3.63, 3.8) is 0 Å². The number of carbonyl (C=O) groups excluding carboxylic acids is 3. The SMILES string of the molecule is COC(=O)CN(CC(=O)N1CCOC1=O)C(C)C. The molecule has 1 rings (SSSR count). The van der Waals surface area contributed by atoms with Crippen molar-refractivity contribution in [2.45, 2.75) is 19.9 Å². The Morgan fingerprint density at radius 3 is 2.56 bits per heavy atom. The fourth-order valence-corrected chi connectivity index (χ4v) is 1.53. The van der Waals surface area contributed by atoms with Crippen molar-refractivity contribution in [3.05, 3.63) is 0 Å². The van der Waals surface area contributed by atoms with Crippen molar-refractivity contribution in [3.8, 4) is 0 Å². The Morgan fingerprint density at radius 1 is 1.44 bits per heavy atom. The van der Waals surface area contributed by atoms with Gasteiger partial charge in [0.2, 0.25) is 5.91 Å². The molecule has 1 saturated heterocycles. The largest absolute Gasteiger partial charge is 0.468 e. The molecular formula is C11H18N2O5. The number of hydrogen-bond acceptors (Lipinski definition) is 6. The number of rotatable bonds is 5. The molecule has 0 N–H and O–H groups in total. The van der Waals surface area contributed by atoms with Crippen molar-refractivity contribution in [2.75, 3.05) is 33.4 Å². The van der Waals surface area contributed by atoms with Crippen LogP contribution >= 0.6 is 0 Å². The summed E-state index contributed by atoms with van der Waals surface area (Å²) in [6.07, 6.45) is -0.623. The molecule has 18 heavy (non-hydrogen) atoms. The smallest absolute Gasteiger partial charge is 0.416 e. The molecule has 0 aromatic heterocycles. The maximum Gasteiger partial charge on any atom is 0.416 e. The molecular weight excluding hydrogens is 240 g/mol. The lowest BCUT2D eigenvalue weighted by Gasteiger charge is -2.25. The van der Waals surface area contributed by atoms with Crippen molar-refractivity contribution >= 4 is 18.0 Å². The lowest BCUT2D eigenvalue weighted by atomic mass is 10.3. The minimum atomic E-state index is -0.623. The van der Waals surface area contributed by atoms with Crippen LogP contribution in [0.25, 0.3) is 0 Å². The fourth-order valence-electron chi connectivity index (χ4n) is 1.53. The van der Waals surface area contributed by atoms with Crippen LogP contribution < -0.4 is 0 Å². The summed E-state index contributed by atoms with van der Waals surface area (Å²) in [7, 11) is 1.29. The van der Waals surface area contributed by atoms with Gasteiger partial charge in [-0.15, -0.1) is 0 Å². The third-order valence-electron chi connectivity index (χ3n) is 2.69. The Balaban J connectivity index is 2.57. The number of imide groups is 1. The first-order valence-corrected chi connectivity index (χ1v) is 5.73. The van der Waals surface area contributed by atoms with E-state index in [-0.39, 0.29) is 38.2 Å². The highest BCUT2D eigenvalue weighted by Gasteiger charge is 2.30. The lowest BCUT2D eigenvalue weighted by molar-refractivity contribution is -0.143. The Morgan fingerprint density at radius 2 is 2.11 bits per heavy atom. The molecule has 1 aliphatic heterocycles. The number of amides is 2. The Kier molecular flexibility index (Phi) is 5.08. The van der Waals surface area contributed by atoms with Gasteiger partial charge in [0.25, 0.3) is 0 Å². The fraction of sp³-hybridized carbons (Fsp3) is 0.727. The molecule has 0 unspecified atom stereocenters. The molecule has 1 heterocycles. The van der Waals surface area contributed by atoms with Crippen LogP contribution in [0.4, 0.5) is 4.79 Å². The van der Waals surface area contributed by atoms with Crippen LogP contribution in [0.1, 0.15) is 13.8 Å². The van der Waals surface area contributed by atoms with E-state index in [0.29, 0.717) is 0 Å². The van der Waals surface area contributed by atoms with Crippen LogP contribution in [-0.4, -0.2) is 67.2 Å². The average molecular weight is 258 g/mol. The van der Waals surface area contributed by atoms with E-state index in [1.54, 1.807) is 4.90 Å². The van der Waals surface area contributed by atoms with Gasteiger partial charge < -0.3 is 9.47 Å². The number of nitrogens with zero attached hydrogens (tertiary/aromatic N) is 2. The molecule has 0 saturated carbocycles. The van der Waals surface area contributed by atoms with Gasteiger partial charge in [0.1, 0.15) is 6.61 Å². The Hall–Kier alpha value is -1.63. The summed E-state index contributed by atoms with van der Waals surface area (Å²) in [6, 6.07) is -0.00771. The monoisotopic (exact) mass is 258 g/mol. The summed E-state index contributed by atoms with van der Waals surface area (Å²) in [5, 5.41) is 0. The molecule has 102 valence electrons. The van der Waals surface area contributed by atoms with Gasteiger partial charge in [-0.25, -0.2) is 9.69 Å². The lowest BCUT2D eigenvalue weighted by Crippen LogP contribution is -2.45. The van der Waals surface area contributed by atoms with Crippen LogP contribution in [0.2, 0.25) is 0 Å². The molecule has 7 nitrogen and oxygen atoms in total. The highest BCUT2D eigenvalue weighted by atomic mass is 16.6. The van der Waals surface area contributed by atoms with E-state index < -0.39 is 12.1 Å². The van der Waals surface area contributed by atoms with Crippen molar-refractivity contribution < 1.29 is 23.9 Å². The third-order valence-corrected chi connectivity index (χ3v) is 2.69. The van der Waals surface area contributed by atoms with Gasteiger partial charge >= 0.3 is 12.1 Å². The first-order valence-electron chi connectivity index (χ1n) is 5.73. The first-order chi connectivity index (χ1) is 8.45. The van der Waals surface area contributed by atoms with Gasteiger partial charge in [0.15, 0.2) is 0 Å². The normalized spacial score (nSPS) is 15.2. The maximum absolute atomic E-state index is 11.9. The zero-order valence-electron chi connectivity index (χ0n) is 10.8. The topological polar surface area (TPSA) is 76.2 Å². The average Bonchev–Trinajstić information content (AvgIpc) is 2.74. The number of esters is 1. The number of hydrogen-bond donors (Lipinski definition) is 0. The van der Waals surface area contributed by atoms with Crippen molar-refractivity contribution in [1.82, 2.24) is 9.80 Å². The molecule has 0 atom stereocenters. The molecule has 0 radical (unpaired) electrons. The van der Waals surface area contributed by atoms with Crippen molar-refractivity contribution in [1.29, 1.82) is 0 Å². The number of ether oxygens (including phenoxy) is 2. The summed E-state index contributed by atoms with van der Waals surface area (Å²) < 4.78 is 9.25. The number of cyclic esters (lactones) is 1. The summed E-state index contributed by atoms with van der Waals surface area (Å²) in [5.74, 6) is -0.782. The number of methoxy groups -OCH3 is 1. The molecule has 0 aromatic rings. The van der Waals surface area contributed by atoms with E-state index in [1.165, 1.54) is 7.11 Å². The standard InChI is InChI=1S/C11H18N2O5/c1-8(2)12(7-10(15)17-3)6-9(14)13-4-5-18-11(13)16/h8H,4-7H2,1-3H3. The molecule has 0 aliphatic carbocycles. The van der Waals surface area contributed by atoms with E-state index in [0.717, 1.165) is 4.90 Å². The van der Waals surface area contributed by atoms with Gasteiger partial charge in [-0.05, 0) is 13.8 Å². The van der Waals surface area contributed by atoms with Gasteiger partial charge in [-0.1, -0.05) is 0 Å². The summed E-state index contributed by atoms with van der Waals surface area (Å²) in [6.45, 7) is 4.22. The summed E-state index contributed by atoms with van der Waals surface area (Å²) in [5.41, 5.74) is 0. The zero-order valence-corrected chi connectivity index (χ0v) is 10.8. The zero-order chi connectivity index (χ0) is 13.7. The van der Waals surface area contributed by atoms with E-state index in [9.17, 15) is 14.4 Å². The molecule has 1 fully saturated rings. The quantitative estimate of drug-likeness (QED) is 0.638. The molecule has 0 spiro atoms. The molecule has 0 aromatic carbocycles. The van der Waals surface area contributed by atoms with E-state index in [1.807, 2.05) is 13.8 Å². The summed E-state index contributed by atoms with van der Waals surface area (Å²) >= 11 is 0. The Labute approximate surface area is 106 Å². The van der Waals surface area contributed by atoms with Gasteiger partial charge in [0, 0.05) is 6.04 Å². The highest BCUT2D eigenvalue weighted by Crippen LogP contribution is 2.06. The molecule has 2 amide bonds. The van der Waals surface area contributed by atoms with Gasteiger partial charge in [-0.2, -0.15) is 0 Å². The van der Waals surface area contributed by atoms with E-state index >= 15 is 0 Å². The van der Waals surface area contributed by atoms with Crippen LogP contribution in [0.5, 0.6) is 0 Å². The highest BCUT2D eigenvalue weighted by molar-refractivity contribution is 5.94. The van der Waals surface area contributed by atoms with Gasteiger partial charge in [-0.3, -0.25) is 14.5 Å². The maximum atomic E-state index is 11.9. The second kappa shape index (κ2) is 6.34. The summed E-state index contributed by atoms with van der Waals surface area (Å²) in [4.78, 5) is 37.0. The molecule has 7 heteroatoms.